The van der Waals surface area contributed by atoms with Gasteiger partial charge >= 0.3 is 5.97 Å². The summed E-state index contributed by atoms with van der Waals surface area (Å²) in [5, 5.41) is 12.0. The molecule has 1 aromatic carbocycles. The Hall–Kier alpha value is -1.75. The third-order valence-corrected chi connectivity index (χ3v) is 2.06. The van der Waals surface area contributed by atoms with Gasteiger partial charge in [0.05, 0.1) is 12.7 Å². The second-order valence-electron chi connectivity index (χ2n) is 2.92. The molecule has 0 atom stereocenters. The highest BCUT2D eigenvalue weighted by molar-refractivity contribution is 6.31. The first kappa shape index (κ1) is 12.3. The smallest absolute Gasteiger partial charge is 0.325 e. The van der Waals surface area contributed by atoms with Gasteiger partial charge in [0.25, 0.3) is 5.91 Å². The van der Waals surface area contributed by atoms with E-state index < -0.39 is 11.9 Å². The maximum absolute atomic E-state index is 11.5. The summed E-state index contributed by atoms with van der Waals surface area (Å²) in [6.07, 6.45) is 0. The van der Waals surface area contributed by atoms with E-state index in [2.05, 4.69) is 10.1 Å². The van der Waals surface area contributed by atoms with Gasteiger partial charge in [-0.05, 0) is 18.2 Å². The van der Waals surface area contributed by atoms with Crippen LogP contribution in [-0.4, -0.2) is 30.6 Å². The minimum Gasteiger partial charge on any atom is -0.507 e. The zero-order chi connectivity index (χ0) is 12.1. The number of phenols is 1. The molecule has 2 N–H and O–H groups in total. The van der Waals surface area contributed by atoms with Crippen LogP contribution in [0.4, 0.5) is 0 Å². The average molecular weight is 244 g/mol. The van der Waals surface area contributed by atoms with E-state index in [-0.39, 0.29) is 17.9 Å². The van der Waals surface area contributed by atoms with Gasteiger partial charge in [-0.3, -0.25) is 9.59 Å². The van der Waals surface area contributed by atoms with Crippen molar-refractivity contribution in [3.05, 3.63) is 28.8 Å². The van der Waals surface area contributed by atoms with Gasteiger partial charge in [-0.2, -0.15) is 0 Å². The van der Waals surface area contributed by atoms with Crippen LogP contribution in [0.15, 0.2) is 18.2 Å². The molecule has 5 nitrogen and oxygen atoms in total. The number of nitrogens with one attached hydrogen (secondary N) is 1. The number of carbonyl (C=O) groups excluding carboxylic acids is 2. The highest BCUT2D eigenvalue weighted by atomic mass is 35.5. The van der Waals surface area contributed by atoms with Crippen molar-refractivity contribution in [1.82, 2.24) is 5.32 Å². The lowest BCUT2D eigenvalue weighted by Gasteiger charge is -2.05. The summed E-state index contributed by atoms with van der Waals surface area (Å²) in [6.45, 7) is -0.263. The standard InChI is InChI=1S/C10H10ClNO4/c1-16-9(14)5-12-10(15)7-4-6(11)2-3-8(7)13/h2-4,13H,5H2,1H3,(H,12,15). The molecule has 0 bridgehead atoms. The van der Waals surface area contributed by atoms with Crippen molar-refractivity contribution in [1.29, 1.82) is 0 Å². The van der Waals surface area contributed by atoms with Crippen molar-refractivity contribution in [2.45, 2.75) is 0 Å². The fourth-order valence-electron chi connectivity index (χ4n) is 1.01. The first-order valence-corrected chi connectivity index (χ1v) is 4.76. The first-order chi connectivity index (χ1) is 7.54. The minimum atomic E-state index is -0.592. The Morgan fingerprint density at radius 2 is 2.19 bits per heavy atom. The van der Waals surface area contributed by atoms with E-state index in [1.54, 1.807) is 0 Å². The van der Waals surface area contributed by atoms with E-state index in [1.165, 1.54) is 25.3 Å². The highest BCUT2D eigenvalue weighted by Gasteiger charge is 2.12. The zero-order valence-electron chi connectivity index (χ0n) is 8.49. The number of methoxy groups -OCH3 is 1. The van der Waals surface area contributed by atoms with E-state index >= 15 is 0 Å². The van der Waals surface area contributed by atoms with Crippen LogP contribution < -0.4 is 5.32 Å². The molecule has 86 valence electrons. The van der Waals surface area contributed by atoms with Crippen molar-refractivity contribution in [3.63, 3.8) is 0 Å². The number of hydrogen-bond acceptors (Lipinski definition) is 4. The quantitative estimate of drug-likeness (QED) is 0.775. The molecule has 0 aromatic heterocycles. The molecule has 1 rings (SSSR count). The predicted molar refractivity (Wildman–Crippen MR) is 57.5 cm³/mol. The predicted octanol–water partition coefficient (Wildman–Crippen LogP) is 0.948. The lowest BCUT2D eigenvalue weighted by Crippen LogP contribution is -2.30. The Balaban J connectivity index is 2.73. The lowest BCUT2D eigenvalue weighted by atomic mass is 10.2. The second kappa shape index (κ2) is 5.37. The number of rotatable bonds is 3. The molecule has 16 heavy (non-hydrogen) atoms. The van der Waals surface area contributed by atoms with Crippen LogP contribution in [0.25, 0.3) is 0 Å². The van der Waals surface area contributed by atoms with Crippen LogP contribution in [0.5, 0.6) is 5.75 Å². The Bertz CT molecular complexity index is 419. The van der Waals surface area contributed by atoms with Crippen LogP contribution in [-0.2, 0) is 9.53 Å². The highest BCUT2D eigenvalue weighted by Crippen LogP contribution is 2.20. The maximum atomic E-state index is 11.5. The number of amides is 1. The van der Waals surface area contributed by atoms with Gasteiger partial charge in [0.1, 0.15) is 12.3 Å². The molecule has 0 fully saturated rings. The van der Waals surface area contributed by atoms with Gasteiger partial charge < -0.3 is 15.2 Å². The van der Waals surface area contributed by atoms with Gasteiger partial charge in [-0.25, -0.2) is 0 Å². The van der Waals surface area contributed by atoms with Gasteiger partial charge in [0.2, 0.25) is 0 Å². The number of benzene rings is 1. The van der Waals surface area contributed by atoms with E-state index in [9.17, 15) is 14.7 Å². The number of halogens is 1. The van der Waals surface area contributed by atoms with Crippen molar-refractivity contribution < 1.29 is 19.4 Å². The molecule has 0 unspecified atom stereocenters. The van der Waals surface area contributed by atoms with Gasteiger partial charge in [-0.1, -0.05) is 11.6 Å². The molecule has 0 aliphatic rings. The molecule has 0 spiro atoms. The van der Waals surface area contributed by atoms with Gasteiger partial charge in [0, 0.05) is 5.02 Å². The summed E-state index contributed by atoms with van der Waals surface area (Å²) in [6, 6.07) is 4.06. The number of carbonyl (C=O) groups is 2. The maximum Gasteiger partial charge on any atom is 0.325 e. The first-order valence-electron chi connectivity index (χ1n) is 4.38. The number of phenolic OH excluding ortho intramolecular Hbond substituents is 1. The van der Waals surface area contributed by atoms with Crippen molar-refractivity contribution in [2.24, 2.45) is 0 Å². The number of hydrogen-bond donors (Lipinski definition) is 2. The summed E-state index contributed by atoms with van der Waals surface area (Å²) in [5.41, 5.74) is 0.0106. The summed E-state index contributed by atoms with van der Waals surface area (Å²) in [4.78, 5) is 22.3. The fourth-order valence-corrected chi connectivity index (χ4v) is 1.18. The summed E-state index contributed by atoms with van der Waals surface area (Å²) in [7, 11) is 1.21. The Morgan fingerprint density at radius 1 is 1.50 bits per heavy atom. The summed E-state index contributed by atoms with van der Waals surface area (Å²) in [5.74, 6) is -1.37. The molecule has 1 aromatic rings. The molecule has 6 heteroatoms. The van der Waals surface area contributed by atoms with E-state index in [1.807, 2.05) is 0 Å². The largest absolute Gasteiger partial charge is 0.507 e. The minimum absolute atomic E-state index is 0.0106. The molecule has 0 aliphatic carbocycles. The normalized spacial score (nSPS) is 9.62. The van der Waals surface area contributed by atoms with Gasteiger partial charge in [-0.15, -0.1) is 0 Å². The second-order valence-corrected chi connectivity index (χ2v) is 3.36. The fraction of sp³-hybridized carbons (Fsp3) is 0.200. The Labute approximate surface area is 97.0 Å². The van der Waals surface area contributed by atoms with E-state index in [0.29, 0.717) is 5.02 Å². The van der Waals surface area contributed by atoms with Crippen molar-refractivity contribution in [3.8, 4) is 5.75 Å². The Kier molecular flexibility index (Phi) is 4.13. The Morgan fingerprint density at radius 3 is 2.81 bits per heavy atom. The number of esters is 1. The molecule has 0 saturated carbocycles. The number of ether oxygens (including phenoxy) is 1. The van der Waals surface area contributed by atoms with Gasteiger partial charge in [0.15, 0.2) is 0 Å². The number of aromatic hydroxyl groups is 1. The lowest BCUT2D eigenvalue weighted by molar-refractivity contribution is -0.139. The topological polar surface area (TPSA) is 75.6 Å². The SMILES string of the molecule is COC(=O)CNC(=O)c1cc(Cl)ccc1O. The van der Waals surface area contributed by atoms with Crippen LogP contribution in [0.1, 0.15) is 10.4 Å². The van der Waals surface area contributed by atoms with Crippen molar-refractivity contribution in [2.75, 3.05) is 13.7 Å². The third kappa shape index (κ3) is 3.13. The van der Waals surface area contributed by atoms with Crippen LogP contribution >= 0.6 is 11.6 Å². The average Bonchev–Trinajstić information content (AvgIpc) is 2.28. The monoisotopic (exact) mass is 243 g/mol. The van der Waals surface area contributed by atoms with Crippen LogP contribution in [0, 0.1) is 0 Å². The molecule has 0 radical (unpaired) electrons. The molecule has 1 amide bonds. The van der Waals surface area contributed by atoms with E-state index in [4.69, 9.17) is 11.6 Å². The molecule has 0 saturated heterocycles. The molecule has 0 heterocycles. The van der Waals surface area contributed by atoms with Crippen LogP contribution in [0.3, 0.4) is 0 Å². The summed E-state index contributed by atoms with van der Waals surface area (Å²) < 4.78 is 4.35. The summed E-state index contributed by atoms with van der Waals surface area (Å²) >= 11 is 5.67. The van der Waals surface area contributed by atoms with Crippen LogP contribution in [0.2, 0.25) is 5.02 Å². The molecular formula is C10H10ClNO4. The van der Waals surface area contributed by atoms with Crippen molar-refractivity contribution >= 4 is 23.5 Å². The van der Waals surface area contributed by atoms with E-state index in [0.717, 1.165) is 0 Å². The molecule has 0 aliphatic heterocycles. The third-order valence-electron chi connectivity index (χ3n) is 1.82. The zero-order valence-corrected chi connectivity index (χ0v) is 9.25. The molecular weight excluding hydrogens is 234 g/mol.